The van der Waals surface area contributed by atoms with Gasteiger partial charge in [-0.15, -0.1) is 0 Å². The van der Waals surface area contributed by atoms with Crippen molar-refractivity contribution in [2.24, 2.45) is 5.92 Å². The largest absolute Gasteiger partial charge is 0.378 e. The van der Waals surface area contributed by atoms with Gasteiger partial charge in [-0.05, 0) is 66.2 Å². The number of ether oxygens (including phenoxy) is 1. The van der Waals surface area contributed by atoms with E-state index in [9.17, 15) is 4.79 Å². The molecule has 0 heterocycles. The third-order valence-electron chi connectivity index (χ3n) is 3.47. The highest BCUT2D eigenvalue weighted by atomic mass is 79.9. The van der Waals surface area contributed by atoms with E-state index >= 15 is 0 Å². The molecule has 1 N–H and O–H groups in total. The molecule has 0 atom stereocenters. The van der Waals surface area contributed by atoms with Crippen LogP contribution in [0.3, 0.4) is 0 Å². The highest BCUT2D eigenvalue weighted by Crippen LogP contribution is 2.33. The first-order valence-electron chi connectivity index (χ1n) is 6.76. The molecule has 1 aromatic carbocycles. The summed E-state index contributed by atoms with van der Waals surface area (Å²) in [5, 5.41) is 2.96. The molecule has 0 spiro atoms. The van der Waals surface area contributed by atoms with Crippen LogP contribution in [-0.4, -0.2) is 18.6 Å². The standard InChI is InChI=1S/C15H20BrNO2/c1-3-19-12-7-11(8-12)9-15(18)17-14-5-4-10(2)6-13(14)16/h4-6,11-12H,3,7-9H2,1-2H3,(H,17,18). The van der Waals surface area contributed by atoms with Crippen molar-refractivity contribution in [1.29, 1.82) is 0 Å². The van der Waals surface area contributed by atoms with Crippen LogP contribution in [0.25, 0.3) is 0 Å². The second kappa shape index (κ2) is 6.53. The van der Waals surface area contributed by atoms with Crippen LogP contribution in [0.15, 0.2) is 22.7 Å². The van der Waals surface area contributed by atoms with Crippen molar-refractivity contribution in [3.8, 4) is 0 Å². The maximum atomic E-state index is 11.9. The van der Waals surface area contributed by atoms with Gasteiger partial charge in [0.05, 0.1) is 11.8 Å². The van der Waals surface area contributed by atoms with E-state index in [2.05, 4.69) is 21.2 Å². The number of halogens is 1. The quantitative estimate of drug-likeness (QED) is 0.891. The van der Waals surface area contributed by atoms with Crippen molar-refractivity contribution in [3.05, 3.63) is 28.2 Å². The molecule has 0 unspecified atom stereocenters. The molecule has 0 bridgehead atoms. The Hall–Kier alpha value is -0.870. The van der Waals surface area contributed by atoms with Crippen LogP contribution in [0, 0.1) is 12.8 Å². The molecule has 19 heavy (non-hydrogen) atoms. The average molecular weight is 326 g/mol. The van der Waals surface area contributed by atoms with Crippen LogP contribution in [0.2, 0.25) is 0 Å². The lowest BCUT2D eigenvalue weighted by molar-refractivity contribution is -0.119. The van der Waals surface area contributed by atoms with E-state index in [4.69, 9.17) is 4.74 Å². The number of benzene rings is 1. The Balaban J connectivity index is 1.79. The van der Waals surface area contributed by atoms with Crippen molar-refractivity contribution in [2.45, 2.75) is 39.2 Å². The van der Waals surface area contributed by atoms with Gasteiger partial charge >= 0.3 is 0 Å². The summed E-state index contributed by atoms with van der Waals surface area (Å²) < 4.78 is 6.43. The van der Waals surface area contributed by atoms with Crippen LogP contribution in [0.4, 0.5) is 5.69 Å². The maximum absolute atomic E-state index is 11.9. The first-order valence-corrected chi connectivity index (χ1v) is 7.55. The zero-order valence-corrected chi connectivity index (χ0v) is 13.0. The van der Waals surface area contributed by atoms with Gasteiger partial charge < -0.3 is 10.1 Å². The van der Waals surface area contributed by atoms with Crippen LogP contribution in [-0.2, 0) is 9.53 Å². The Bertz CT molecular complexity index is 455. The third kappa shape index (κ3) is 4.05. The van der Waals surface area contributed by atoms with Crippen molar-refractivity contribution in [3.63, 3.8) is 0 Å². The topological polar surface area (TPSA) is 38.3 Å². The molecule has 1 fully saturated rings. The summed E-state index contributed by atoms with van der Waals surface area (Å²) in [4.78, 5) is 11.9. The molecular weight excluding hydrogens is 306 g/mol. The predicted octanol–water partition coefficient (Wildman–Crippen LogP) is 3.90. The molecule has 1 saturated carbocycles. The maximum Gasteiger partial charge on any atom is 0.224 e. The third-order valence-corrected chi connectivity index (χ3v) is 4.12. The number of rotatable bonds is 5. The lowest BCUT2D eigenvalue weighted by atomic mass is 9.80. The molecule has 0 aromatic heterocycles. The van der Waals surface area contributed by atoms with Gasteiger partial charge in [0.1, 0.15) is 0 Å². The Morgan fingerprint density at radius 1 is 1.47 bits per heavy atom. The minimum Gasteiger partial charge on any atom is -0.378 e. The van der Waals surface area contributed by atoms with Crippen LogP contribution < -0.4 is 5.32 Å². The van der Waals surface area contributed by atoms with Crippen LogP contribution in [0.5, 0.6) is 0 Å². The van der Waals surface area contributed by atoms with Crippen LogP contribution >= 0.6 is 15.9 Å². The zero-order valence-electron chi connectivity index (χ0n) is 11.4. The van der Waals surface area contributed by atoms with E-state index < -0.39 is 0 Å². The van der Waals surface area contributed by atoms with E-state index in [1.165, 1.54) is 5.56 Å². The summed E-state index contributed by atoms with van der Waals surface area (Å²) in [6, 6.07) is 5.93. The Labute approximate surface area is 122 Å². The van der Waals surface area contributed by atoms with Crippen molar-refractivity contribution >= 4 is 27.5 Å². The molecule has 1 aromatic rings. The van der Waals surface area contributed by atoms with E-state index in [1.807, 2.05) is 32.0 Å². The number of hydrogen-bond donors (Lipinski definition) is 1. The number of hydrogen-bond acceptors (Lipinski definition) is 2. The van der Waals surface area contributed by atoms with Gasteiger partial charge in [0, 0.05) is 17.5 Å². The Kier molecular flexibility index (Phi) is 4.99. The lowest BCUT2D eigenvalue weighted by Crippen LogP contribution is -2.33. The fourth-order valence-electron chi connectivity index (χ4n) is 2.40. The number of carbonyl (C=O) groups is 1. The highest BCUT2D eigenvalue weighted by Gasteiger charge is 2.31. The Morgan fingerprint density at radius 3 is 2.84 bits per heavy atom. The molecule has 1 aliphatic carbocycles. The van der Waals surface area contributed by atoms with E-state index in [0.717, 1.165) is 29.6 Å². The normalized spacial score (nSPS) is 21.8. The molecule has 3 nitrogen and oxygen atoms in total. The van der Waals surface area contributed by atoms with Crippen molar-refractivity contribution < 1.29 is 9.53 Å². The van der Waals surface area contributed by atoms with E-state index in [0.29, 0.717) is 18.4 Å². The van der Waals surface area contributed by atoms with Gasteiger partial charge in [0.2, 0.25) is 5.91 Å². The molecule has 0 radical (unpaired) electrons. The zero-order chi connectivity index (χ0) is 13.8. The van der Waals surface area contributed by atoms with Gasteiger partial charge in [0.25, 0.3) is 0 Å². The van der Waals surface area contributed by atoms with Gasteiger partial charge in [-0.2, -0.15) is 0 Å². The van der Waals surface area contributed by atoms with Crippen LogP contribution in [0.1, 0.15) is 31.7 Å². The smallest absolute Gasteiger partial charge is 0.224 e. The summed E-state index contributed by atoms with van der Waals surface area (Å²) in [6.07, 6.45) is 2.98. The summed E-state index contributed by atoms with van der Waals surface area (Å²) in [5.41, 5.74) is 2.01. The minimum atomic E-state index is 0.0875. The molecule has 1 aliphatic rings. The number of anilines is 1. The van der Waals surface area contributed by atoms with Gasteiger partial charge in [-0.1, -0.05) is 6.07 Å². The molecule has 0 saturated heterocycles. The summed E-state index contributed by atoms with van der Waals surface area (Å²) in [6.45, 7) is 4.80. The SMILES string of the molecule is CCOC1CC(CC(=O)Nc2ccc(C)cc2Br)C1. The number of aryl methyl sites for hydroxylation is 1. The second-order valence-corrected chi connectivity index (χ2v) is 6.00. The van der Waals surface area contributed by atoms with Crippen molar-refractivity contribution in [1.82, 2.24) is 0 Å². The molecule has 0 aliphatic heterocycles. The first kappa shape index (κ1) is 14.5. The number of carbonyl (C=O) groups excluding carboxylic acids is 1. The molecular formula is C15H20BrNO2. The van der Waals surface area contributed by atoms with Crippen molar-refractivity contribution in [2.75, 3.05) is 11.9 Å². The first-order chi connectivity index (χ1) is 9.08. The Morgan fingerprint density at radius 2 is 2.21 bits per heavy atom. The fourth-order valence-corrected chi connectivity index (χ4v) is 2.99. The summed E-state index contributed by atoms with van der Waals surface area (Å²) in [7, 11) is 0. The molecule has 2 rings (SSSR count). The monoisotopic (exact) mass is 325 g/mol. The molecule has 1 amide bonds. The highest BCUT2D eigenvalue weighted by molar-refractivity contribution is 9.10. The van der Waals surface area contributed by atoms with E-state index in [-0.39, 0.29) is 5.91 Å². The second-order valence-electron chi connectivity index (χ2n) is 5.15. The van der Waals surface area contributed by atoms with Gasteiger partial charge in [-0.3, -0.25) is 4.79 Å². The summed E-state index contributed by atoms with van der Waals surface area (Å²) in [5.74, 6) is 0.560. The number of amides is 1. The summed E-state index contributed by atoms with van der Waals surface area (Å²) >= 11 is 3.47. The van der Waals surface area contributed by atoms with Gasteiger partial charge in [0.15, 0.2) is 0 Å². The molecule has 104 valence electrons. The predicted molar refractivity (Wildman–Crippen MR) is 80.3 cm³/mol. The number of nitrogens with one attached hydrogen (secondary N) is 1. The minimum absolute atomic E-state index is 0.0875. The lowest BCUT2D eigenvalue weighted by Gasteiger charge is -2.34. The molecule has 4 heteroatoms. The fraction of sp³-hybridized carbons (Fsp3) is 0.533. The van der Waals surface area contributed by atoms with Gasteiger partial charge in [-0.25, -0.2) is 0 Å². The van der Waals surface area contributed by atoms with E-state index in [1.54, 1.807) is 0 Å². The average Bonchev–Trinajstić information content (AvgIpc) is 2.30.